The van der Waals surface area contributed by atoms with Crippen molar-refractivity contribution in [1.29, 1.82) is 0 Å². The van der Waals surface area contributed by atoms with Crippen molar-refractivity contribution in [2.75, 3.05) is 19.6 Å². The van der Waals surface area contributed by atoms with Gasteiger partial charge < -0.3 is 15.4 Å². The van der Waals surface area contributed by atoms with Gasteiger partial charge in [0.2, 0.25) is 0 Å². The summed E-state index contributed by atoms with van der Waals surface area (Å²) in [6.45, 7) is 8.09. The number of carbonyl (C=O) groups is 1. The highest BCUT2D eigenvalue weighted by Crippen LogP contribution is 2.58. The van der Waals surface area contributed by atoms with Gasteiger partial charge >= 0.3 is 6.09 Å². The first-order valence-corrected chi connectivity index (χ1v) is 5.54. The minimum Gasteiger partial charge on any atom is -0.444 e. The molecule has 0 bridgehead atoms. The summed E-state index contributed by atoms with van der Waals surface area (Å²) in [6, 6.07) is 0. The van der Waals surface area contributed by atoms with Crippen LogP contribution in [0.5, 0.6) is 0 Å². The number of ether oxygens (including phenoxy) is 1. The number of hydrogen-bond acceptors (Lipinski definition) is 3. The van der Waals surface area contributed by atoms with Gasteiger partial charge in [0, 0.05) is 18.5 Å². The van der Waals surface area contributed by atoms with Gasteiger partial charge in [-0.3, -0.25) is 0 Å². The average molecular weight is 212 g/mol. The molecule has 86 valence electrons. The Balaban J connectivity index is 1.78. The second-order valence-corrected chi connectivity index (χ2v) is 5.84. The summed E-state index contributed by atoms with van der Waals surface area (Å²) in [4.78, 5) is 13.4. The van der Waals surface area contributed by atoms with E-state index in [0.29, 0.717) is 11.3 Å². The van der Waals surface area contributed by atoms with E-state index in [1.807, 2.05) is 20.8 Å². The standard InChI is InChI=1S/C11H20N2O2/c1-10(2,3)15-9(14)13-6-11(7-13)4-8(11)5-12/h8H,4-7,12H2,1-3H3. The molecule has 1 spiro atoms. The summed E-state index contributed by atoms with van der Waals surface area (Å²) in [7, 11) is 0. The van der Waals surface area contributed by atoms with E-state index in [1.54, 1.807) is 4.90 Å². The Bertz CT molecular complexity index is 277. The molecule has 1 amide bonds. The van der Waals surface area contributed by atoms with Gasteiger partial charge in [0.15, 0.2) is 0 Å². The Hall–Kier alpha value is -0.770. The fourth-order valence-electron chi connectivity index (χ4n) is 2.32. The summed E-state index contributed by atoms with van der Waals surface area (Å²) in [5.74, 6) is 0.635. The lowest BCUT2D eigenvalue weighted by molar-refractivity contribution is -0.00898. The lowest BCUT2D eigenvalue weighted by Crippen LogP contribution is -2.54. The Morgan fingerprint density at radius 3 is 2.53 bits per heavy atom. The van der Waals surface area contributed by atoms with Gasteiger partial charge in [0.05, 0.1) is 0 Å². The predicted octanol–water partition coefficient (Wildman–Crippen LogP) is 1.20. The zero-order chi connectivity index (χ0) is 11.3. The van der Waals surface area contributed by atoms with E-state index in [9.17, 15) is 4.79 Å². The van der Waals surface area contributed by atoms with Crippen molar-refractivity contribution in [3.8, 4) is 0 Å². The molecule has 2 rings (SSSR count). The molecule has 1 saturated carbocycles. The normalized spacial score (nSPS) is 27.5. The highest BCUT2D eigenvalue weighted by atomic mass is 16.6. The van der Waals surface area contributed by atoms with Crippen LogP contribution < -0.4 is 5.73 Å². The van der Waals surface area contributed by atoms with E-state index in [-0.39, 0.29) is 6.09 Å². The minimum atomic E-state index is -0.392. The molecule has 0 aromatic rings. The van der Waals surface area contributed by atoms with Gasteiger partial charge in [-0.05, 0) is 39.7 Å². The molecule has 0 aromatic heterocycles. The maximum Gasteiger partial charge on any atom is 0.410 e. The molecular weight excluding hydrogens is 192 g/mol. The third-order valence-electron chi connectivity index (χ3n) is 3.31. The summed E-state index contributed by atoms with van der Waals surface area (Å²) in [6.07, 6.45) is 0.999. The monoisotopic (exact) mass is 212 g/mol. The SMILES string of the molecule is CC(C)(C)OC(=O)N1CC2(CC2CN)C1. The van der Waals surface area contributed by atoms with Crippen molar-refractivity contribution in [1.82, 2.24) is 4.90 Å². The zero-order valence-corrected chi connectivity index (χ0v) is 9.75. The summed E-state index contributed by atoms with van der Waals surface area (Å²) < 4.78 is 5.29. The van der Waals surface area contributed by atoms with E-state index in [2.05, 4.69) is 0 Å². The molecule has 1 aliphatic heterocycles. The lowest BCUT2D eigenvalue weighted by Gasteiger charge is -2.41. The Morgan fingerprint density at radius 2 is 2.13 bits per heavy atom. The van der Waals surface area contributed by atoms with Crippen molar-refractivity contribution < 1.29 is 9.53 Å². The molecule has 4 heteroatoms. The molecule has 0 aromatic carbocycles. The second-order valence-electron chi connectivity index (χ2n) is 5.84. The van der Waals surface area contributed by atoms with Crippen LogP contribution in [-0.2, 0) is 4.74 Å². The van der Waals surface area contributed by atoms with Gasteiger partial charge in [0.25, 0.3) is 0 Å². The fourth-order valence-corrected chi connectivity index (χ4v) is 2.32. The second kappa shape index (κ2) is 3.11. The lowest BCUT2D eigenvalue weighted by atomic mass is 9.94. The first-order valence-electron chi connectivity index (χ1n) is 5.54. The fraction of sp³-hybridized carbons (Fsp3) is 0.909. The maximum absolute atomic E-state index is 11.6. The Kier molecular flexibility index (Phi) is 2.23. The highest BCUT2D eigenvalue weighted by molar-refractivity contribution is 5.69. The third-order valence-corrected chi connectivity index (χ3v) is 3.31. The molecule has 0 radical (unpaired) electrons. The van der Waals surface area contributed by atoms with Gasteiger partial charge in [-0.15, -0.1) is 0 Å². The number of hydrogen-bond donors (Lipinski definition) is 1. The highest BCUT2D eigenvalue weighted by Gasteiger charge is 2.61. The van der Waals surface area contributed by atoms with Gasteiger partial charge in [0.1, 0.15) is 5.60 Å². The molecule has 1 atom stereocenters. The van der Waals surface area contributed by atoms with Crippen molar-refractivity contribution in [3.05, 3.63) is 0 Å². The molecule has 2 N–H and O–H groups in total. The van der Waals surface area contributed by atoms with Crippen LogP contribution in [0.1, 0.15) is 27.2 Å². The zero-order valence-electron chi connectivity index (χ0n) is 9.75. The van der Waals surface area contributed by atoms with Crippen LogP contribution in [0, 0.1) is 11.3 Å². The smallest absolute Gasteiger partial charge is 0.410 e. The van der Waals surface area contributed by atoms with E-state index < -0.39 is 5.60 Å². The molecule has 1 heterocycles. The van der Waals surface area contributed by atoms with E-state index in [4.69, 9.17) is 10.5 Å². The largest absolute Gasteiger partial charge is 0.444 e. The van der Waals surface area contributed by atoms with Crippen LogP contribution >= 0.6 is 0 Å². The van der Waals surface area contributed by atoms with Crippen molar-refractivity contribution in [3.63, 3.8) is 0 Å². The van der Waals surface area contributed by atoms with Crippen LogP contribution in [0.15, 0.2) is 0 Å². The summed E-state index contributed by atoms with van der Waals surface area (Å²) >= 11 is 0. The number of nitrogens with two attached hydrogens (primary N) is 1. The van der Waals surface area contributed by atoms with Crippen LogP contribution in [-0.4, -0.2) is 36.2 Å². The Morgan fingerprint density at radius 1 is 1.53 bits per heavy atom. The molecule has 2 fully saturated rings. The van der Waals surface area contributed by atoms with Crippen molar-refractivity contribution >= 4 is 6.09 Å². The predicted molar refractivity (Wildman–Crippen MR) is 57.4 cm³/mol. The molecule has 1 saturated heterocycles. The van der Waals surface area contributed by atoms with E-state index >= 15 is 0 Å². The van der Waals surface area contributed by atoms with Crippen LogP contribution in [0.4, 0.5) is 4.79 Å². The number of nitrogens with zero attached hydrogens (tertiary/aromatic N) is 1. The number of likely N-dealkylation sites (tertiary alicyclic amines) is 1. The third kappa shape index (κ3) is 1.95. The molecule has 15 heavy (non-hydrogen) atoms. The number of carbonyl (C=O) groups excluding carboxylic acids is 1. The number of amides is 1. The van der Waals surface area contributed by atoms with Crippen molar-refractivity contribution in [2.24, 2.45) is 17.1 Å². The van der Waals surface area contributed by atoms with Crippen molar-refractivity contribution in [2.45, 2.75) is 32.8 Å². The minimum absolute atomic E-state index is 0.184. The van der Waals surface area contributed by atoms with Gasteiger partial charge in [-0.2, -0.15) is 0 Å². The average Bonchev–Trinajstić information content (AvgIpc) is 2.71. The first-order chi connectivity index (χ1) is 6.86. The maximum atomic E-state index is 11.6. The topological polar surface area (TPSA) is 55.6 Å². The molecule has 1 aliphatic carbocycles. The molecule has 4 nitrogen and oxygen atoms in total. The number of rotatable bonds is 1. The van der Waals surface area contributed by atoms with Gasteiger partial charge in [-0.25, -0.2) is 4.79 Å². The molecule has 1 unspecified atom stereocenters. The van der Waals surface area contributed by atoms with E-state index in [0.717, 1.165) is 19.6 Å². The quantitative estimate of drug-likeness (QED) is 0.710. The summed E-state index contributed by atoms with van der Waals surface area (Å²) in [5, 5.41) is 0. The Labute approximate surface area is 90.8 Å². The van der Waals surface area contributed by atoms with Gasteiger partial charge in [-0.1, -0.05) is 0 Å². The first kappa shape index (κ1) is 10.7. The molecule has 2 aliphatic rings. The van der Waals surface area contributed by atoms with E-state index in [1.165, 1.54) is 6.42 Å². The summed E-state index contributed by atoms with van der Waals surface area (Å²) in [5.41, 5.74) is 5.58. The van der Waals surface area contributed by atoms with Crippen LogP contribution in [0.2, 0.25) is 0 Å². The molecular formula is C11H20N2O2. The van der Waals surface area contributed by atoms with Crippen LogP contribution in [0.25, 0.3) is 0 Å². The van der Waals surface area contributed by atoms with Crippen LogP contribution in [0.3, 0.4) is 0 Å².